The highest BCUT2D eigenvalue weighted by Gasteiger charge is 2.26. The van der Waals surface area contributed by atoms with Crippen LogP contribution in [0.25, 0.3) is 0 Å². The molecule has 2 atom stereocenters. The molecule has 1 fully saturated rings. The number of nitrogen functional groups attached to an aromatic ring is 1. The van der Waals surface area contributed by atoms with E-state index in [0.717, 1.165) is 19.3 Å². The Bertz CT molecular complexity index is 430. The van der Waals surface area contributed by atoms with Gasteiger partial charge in [0.25, 0.3) is 0 Å². The van der Waals surface area contributed by atoms with Crippen LogP contribution in [0.5, 0.6) is 0 Å². The molecule has 1 aromatic carbocycles. The number of carbonyl (C=O) groups excluding carboxylic acids is 1. The molecule has 0 heterocycles. The van der Waals surface area contributed by atoms with Crippen LogP contribution in [-0.4, -0.2) is 5.78 Å². The Balaban J connectivity index is 2.18. The van der Waals surface area contributed by atoms with Crippen LogP contribution < -0.4 is 5.73 Å². The van der Waals surface area contributed by atoms with Crippen LogP contribution in [0.4, 0.5) is 5.69 Å². The van der Waals surface area contributed by atoms with Gasteiger partial charge in [-0.2, -0.15) is 0 Å². The summed E-state index contributed by atoms with van der Waals surface area (Å²) in [5.74, 6) is 0.971. The first-order valence-corrected chi connectivity index (χ1v) is 6.55. The summed E-state index contributed by atoms with van der Waals surface area (Å²) in [7, 11) is 0. The van der Waals surface area contributed by atoms with Gasteiger partial charge in [-0.1, -0.05) is 31.4 Å². The number of halogens is 1. The van der Waals surface area contributed by atoms with E-state index in [4.69, 9.17) is 17.3 Å². The Hall–Kier alpha value is -1.02. The van der Waals surface area contributed by atoms with Crippen LogP contribution in [0.3, 0.4) is 0 Å². The second-order valence-electron chi connectivity index (χ2n) is 5.06. The molecule has 1 saturated carbocycles. The zero-order valence-electron chi connectivity index (χ0n) is 10.1. The number of ketones is 1. The van der Waals surface area contributed by atoms with E-state index in [2.05, 4.69) is 6.92 Å². The van der Waals surface area contributed by atoms with Gasteiger partial charge in [0.05, 0.1) is 0 Å². The monoisotopic (exact) mass is 251 g/mol. The maximum atomic E-state index is 12.4. The van der Waals surface area contributed by atoms with Crippen molar-refractivity contribution in [2.45, 2.75) is 32.6 Å². The average molecular weight is 252 g/mol. The normalized spacial score (nSPS) is 24.6. The Morgan fingerprint density at radius 2 is 2.18 bits per heavy atom. The van der Waals surface area contributed by atoms with Crippen LogP contribution in [-0.2, 0) is 0 Å². The first-order valence-electron chi connectivity index (χ1n) is 6.17. The summed E-state index contributed by atoms with van der Waals surface area (Å²) < 4.78 is 0. The fourth-order valence-electron chi connectivity index (χ4n) is 2.65. The van der Waals surface area contributed by atoms with Crippen LogP contribution >= 0.6 is 11.6 Å². The van der Waals surface area contributed by atoms with E-state index in [0.29, 0.717) is 22.2 Å². The number of carbonyl (C=O) groups is 1. The highest BCUT2D eigenvalue weighted by molar-refractivity contribution is 6.31. The predicted molar refractivity (Wildman–Crippen MR) is 71.3 cm³/mol. The van der Waals surface area contributed by atoms with E-state index in [9.17, 15) is 4.79 Å². The first-order chi connectivity index (χ1) is 8.08. The number of benzene rings is 1. The van der Waals surface area contributed by atoms with Gasteiger partial charge in [0, 0.05) is 22.2 Å². The molecule has 0 saturated heterocycles. The second-order valence-corrected chi connectivity index (χ2v) is 5.50. The number of hydrogen-bond acceptors (Lipinski definition) is 2. The fraction of sp³-hybridized carbons (Fsp3) is 0.500. The summed E-state index contributed by atoms with van der Waals surface area (Å²) in [4.78, 5) is 12.4. The fourth-order valence-corrected chi connectivity index (χ4v) is 2.83. The van der Waals surface area contributed by atoms with E-state index in [1.54, 1.807) is 18.2 Å². The smallest absolute Gasteiger partial charge is 0.168 e. The standard InChI is InChI=1S/C14H18ClNO/c1-9-3-2-4-10(7-9)14(17)12-6-5-11(15)8-13(12)16/h5-6,8-10H,2-4,7,16H2,1H3. The minimum atomic E-state index is 0.141. The van der Waals surface area contributed by atoms with Gasteiger partial charge in [-0.3, -0.25) is 4.79 Å². The molecule has 0 aromatic heterocycles. The van der Waals surface area contributed by atoms with Crippen molar-refractivity contribution in [1.82, 2.24) is 0 Å². The number of nitrogens with two attached hydrogens (primary N) is 1. The number of hydrogen-bond donors (Lipinski definition) is 1. The minimum absolute atomic E-state index is 0.141. The van der Waals surface area contributed by atoms with Crippen molar-refractivity contribution in [1.29, 1.82) is 0 Å². The topological polar surface area (TPSA) is 43.1 Å². The molecule has 3 heteroatoms. The second kappa shape index (κ2) is 5.09. The van der Waals surface area contributed by atoms with Crippen molar-refractivity contribution in [3.63, 3.8) is 0 Å². The minimum Gasteiger partial charge on any atom is -0.398 e. The van der Waals surface area contributed by atoms with Crippen LogP contribution in [0.15, 0.2) is 18.2 Å². The van der Waals surface area contributed by atoms with Crippen molar-refractivity contribution in [3.05, 3.63) is 28.8 Å². The lowest BCUT2D eigenvalue weighted by Crippen LogP contribution is -2.22. The van der Waals surface area contributed by atoms with Gasteiger partial charge in [0.2, 0.25) is 0 Å². The lowest BCUT2D eigenvalue weighted by Gasteiger charge is -2.25. The van der Waals surface area contributed by atoms with Gasteiger partial charge in [-0.15, -0.1) is 0 Å². The SMILES string of the molecule is CC1CCCC(C(=O)c2ccc(Cl)cc2N)C1. The highest BCUT2D eigenvalue weighted by Crippen LogP contribution is 2.32. The molecule has 0 amide bonds. The zero-order chi connectivity index (χ0) is 12.4. The van der Waals surface area contributed by atoms with E-state index in [-0.39, 0.29) is 11.7 Å². The Morgan fingerprint density at radius 3 is 2.82 bits per heavy atom. The van der Waals surface area contributed by atoms with Crippen LogP contribution in [0.1, 0.15) is 43.0 Å². The third-order valence-corrected chi connectivity index (χ3v) is 3.82. The number of anilines is 1. The lowest BCUT2D eigenvalue weighted by atomic mass is 9.78. The van der Waals surface area contributed by atoms with Crippen molar-refractivity contribution in [3.8, 4) is 0 Å². The summed E-state index contributed by atoms with van der Waals surface area (Å²) in [5, 5.41) is 0.580. The summed E-state index contributed by atoms with van der Waals surface area (Å²) >= 11 is 5.84. The van der Waals surface area contributed by atoms with Crippen molar-refractivity contribution in [2.24, 2.45) is 11.8 Å². The third-order valence-electron chi connectivity index (χ3n) is 3.59. The molecule has 0 radical (unpaired) electrons. The number of rotatable bonds is 2. The van der Waals surface area contributed by atoms with E-state index < -0.39 is 0 Å². The molecule has 0 spiro atoms. The molecule has 92 valence electrons. The van der Waals surface area contributed by atoms with Gasteiger partial charge < -0.3 is 5.73 Å². The molecule has 2 rings (SSSR count). The third kappa shape index (κ3) is 2.81. The van der Waals surface area contributed by atoms with E-state index in [1.807, 2.05) is 0 Å². The predicted octanol–water partition coefficient (Wildman–Crippen LogP) is 3.93. The molecule has 2 N–H and O–H groups in total. The van der Waals surface area contributed by atoms with Gasteiger partial charge in [0.1, 0.15) is 0 Å². The molecule has 2 nitrogen and oxygen atoms in total. The van der Waals surface area contributed by atoms with Gasteiger partial charge in [0.15, 0.2) is 5.78 Å². The maximum absolute atomic E-state index is 12.4. The molecule has 1 aliphatic carbocycles. The van der Waals surface area contributed by atoms with Gasteiger partial charge >= 0.3 is 0 Å². The Labute approximate surface area is 107 Å². The van der Waals surface area contributed by atoms with E-state index >= 15 is 0 Å². The molecule has 0 aliphatic heterocycles. The molecule has 2 unspecified atom stereocenters. The summed E-state index contributed by atoms with van der Waals surface area (Å²) in [5.41, 5.74) is 6.99. The summed E-state index contributed by atoms with van der Waals surface area (Å²) in [6.07, 6.45) is 4.36. The van der Waals surface area contributed by atoms with Crippen LogP contribution in [0.2, 0.25) is 5.02 Å². The molecular formula is C14H18ClNO. The first kappa shape index (κ1) is 12.4. The quantitative estimate of drug-likeness (QED) is 0.639. The molecule has 0 bridgehead atoms. The number of Topliss-reactive ketones (excluding diaryl/α,β-unsaturated/α-hetero) is 1. The van der Waals surface area contributed by atoms with Crippen molar-refractivity contribution >= 4 is 23.1 Å². The lowest BCUT2D eigenvalue weighted by molar-refractivity contribution is 0.0869. The Morgan fingerprint density at radius 1 is 1.41 bits per heavy atom. The molecular weight excluding hydrogens is 234 g/mol. The van der Waals surface area contributed by atoms with Crippen LogP contribution in [0, 0.1) is 11.8 Å². The Kier molecular flexibility index (Phi) is 3.72. The van der Waals surface area contributed by atoms with Crippen molar-refractivity contribution < 1.29 is 4.79 Å². The molecule has 1 aliphatic rings. The van der Waals surface area contributed by atoms with Crippen molar-refractivity contribution in [2.75, 3.05) is 5.73 Å². The maximum Gasteiger partial charge on any atom is 0.168 e. The average Bonchev–Trinajstić information content (AvgIpc) is 2.28. The van der Waals surface area contributed by atoms with Gasteiger partial charge in [-0.05, 0) is 37.0 Å². The zero-order valence-corrected chi connectivity index (χ0v) is 10.8. The molecule has 1 aromatic rings. The van der Waals surface area contributed by atoms with E-state index in [1.165, 1.54) is 6.42 Å². The summed E-state index contributed by atoms with van der Waals surface area (Å²) in [6.45, 7) is 2.21. The van der Waals surface area contributed by atoms with Gasteiger partial charge in [-0.25, -0.2) is 0 Å². The summed E-state index contributed by atoms with van der Waals surface area (Å²) in [6, 6.07) is 5.14. The molecule has 17 heavy (non-hydrogen) atoms. The largest absolute Gasteiger partial charge is 0.398 e. The highest BCUT2D eigenvalue weighted by atomic mass is 35.5.